The molecule has 2 unspecified atom stereocenters. The van der Waals surface area contributed by atoms with Crippen LogP contribution in [0.15, 0.2) is 40.8 Å². The number of furan rings is 1. The second kappa shape index (κ2) is 8.23. The van der Waals surface area contributed by atoms with Gasteiger partial charge in [0.2, 0.25) is 5.91 Å². The maximum atomic E-state index is 13.8. The molecule has 1 aromatic heterocycles. The number of piperidine rings is 1. The summed E-state index contributed by atoms with van der Waals surface area (Å²) < 4.78 is 19.5. The highest BCUT2D eigenvalue weighted by molar-refractivity contribution is 5.85. The third-order valence-electron chi connectivity index (χ3n) is 5.24. The summed E-state index contributed by atoms with van der Waals surface area (Å²) in [5.74, 6) is 0.971. The van der Waals surface area contributed by atoms with Gasteiger partial charge in [-0.25, -0.2) is 4.39 Å². The minimum atomic E-state index is -0.304. The second-order valence-electron chi connectivity index (χ2n) is 7.12. The molecule has 3 heterocycles. The number of carbonyl (C=O) groups excluding carboxylic acids is 1. The molecule has 0 spiro atoms. The van der Waals surface area contributed by atoms with Gasteiger partial charge in [-0.2, -0.15) is 0 Å². The van der Waals surface area contributed by atoms with Crippen molar-refractivity contribution >= 4 is 18.3 Å². The number of rotatable bonds is 5. The molecule has 2 saturated heterocycles. The van der Waals surface area contributed by atoms with Crippen molar-refractivity contribution in [1.82, 2.24) is 10.6 Å². The van der Waals surface area contributed by atoms with Crippen LogP contribution in [0.5, 0.6) is 0 Å². The highest BCUT2D eigenvalue weighted by atomic mass is 35.5. The molecule has 4 rings (SSSR count). The Morgan fingerprint density at radius 2 is 1.88 bits per heavy atom. The highest BCUT2D eigenvalue weighted by Gasteiger charge is 2.33. The fourth-order valence-electron chi connectivity index (χ4n) is 4.03. The standard InChI is InChI=1S/C20H23FN2O2.ClH/c21-18-4-2-1-3-17(18)19-9-7-16(25-19)8-10-20(24)23-15-11-13-5-6-14(12-15)22-13;/h1-4,7,9,13-15,22H,5-6,8,10-12H2,(H,23,24);1H. The zero-order valence-electron chi connectivity index (χ0n) is 14.5. The van der Waals surface area contributed by atoms with Gasteiger partial charge in [0.1, 0.15) is 17.3 Å². The predicted molar refractivity (Wildman–Crippen MR) is 101 cm³/mol. The molecule has 2 aromatic rings. The van der Waals surface area contributed by atoms with Gasteiger partial charge in [0.15, 0.2) is 0 Å². The van der Waals surface area contributed by atoms with Crippen LogP contribution in [0.25, 0.3) is 11.3 Å². The molecule has 0 radical (unpaired) electrons. The molecular formula is C20H24ClFN2O2. The Morgan fingerprint density at radius 3 is 2.62 bits per heavy atom. The first-order chi connectivity index (χ1) is 12.2. The summed E-state index contributed by atoms with van der Waals surface area (Å²) in [7, 11) is 0. The van der Waals surface area contributed by atoms with Gasteiger partial charge in [-0.15, -0.1) is 12.4 Å². The maximum absolute atomic E-state index is 13.8. The summed E-state index contributed by atoms with van der Waals surface area (Å²) in [6.07, 6.45) is 5.42. The first kappa shape index (κ1) is 18.9. The molecule has 6 heteroatoms. The smallest absolute Gasteiger partial charge is 0.220 e. The van der Waals surface area contributed by atoms with E-state index in [0.717, 1.165) is 12.8 Å². The number of carbonyl (C=O) groups is 1. The zero-order chi connectivity index (χ0) is 17.2. The number of amides is 1. The van der Waals surface area contributed by atoms with Crippen LogP contribution in [-0.4, -0.2) is 24.0 Å². The van der Waals surface area contributed by atoms with Crippen molar-refractivity contribution in [1.29, 1.82) is 0 Å². The number of halogens is 2. The molecule has 2 aliphatic rings. The molecular weight excluding hydrogens is 355 g/mol. The lowest BCUT2D eigenvalue weighted by molar-refractivity contribution is -0.122. The minimum Gasteiger partial charge on any atom is -0.461 e. The molecule has 2 bridgehead atoms. The maximum Gasteiger partial charge on any atom is 0.220 e. The van der Waals surface area contributed by atoms with Crippen molar-refractivity contribution in [3.05, 3.63) is 48.0 Å². The highest BCUT2D eigenvalue weighted by Crippen LogP contribution is 2.27. The van der Waals surface area contributed by atoms with Crippen LogP contribution in [0.4, 0.5) is 4.39 Å². The van der Waals surface area contributed by atoms with Crippen LogP contribution < -0.4 is 10.6 Å². The number of hydrogen-bond donors (Lipinski definition) is 2. The molecule has 140 valence electrons. The van der Waals surface area contributed by atoms with E-state index < -0.39 is 0 Å². The summed E-state index contributed by atoms with van der Waals surface area (Å²) in [4.78, 5) is 12.2. The zero-order valence-corrected chi connectivity index (χ0v) is 15.4. The van der Waals surface area contributed by atoms with Gasteiger partial charge in [0, 0.05) is 31.0 Å². The first-order valence-electron chi connectivity index (χ1n) is 9.06. The fourth-order valence-corrected chi connectivity index (χ4v) is 4.03. The molecule has 26 heavy (non-hydrogen) atoms. The van der Waals surface area contributed by atoms with Crippen molar-refractivity contribution in [2.45, 2.75) is 56.7 Å². The van der Waals surface area contributed by atoms with Crippen molar-refractivity contribution in [3.8, 4) is 11.3 Å². The van der Waals surface area contributed by atoms with Crippen LogP contribution in [0, 0.1) is 5.82 Å². The molecule has 1 amide bonds. The van der Waals surface area contributed by atoms with Crippen LogP contribution in [0.1, 0.15) is 37.9 Å². The molecule has 1 aromatic carbocycles. The number of fused-ring (bicyclic) bond motifs is 2. The fraction of sp³-hybridized carbons (Fsp3) is 0.450. The lowest BCUT2D eigenvalue weighted by Crippen LogP contribution is -2.48. The monoisotopic (exact) mass is 378 g/mol. The largest absolute Gasteiger partial charge is 0.461 e. The molecule has 0 aliphatic carbocycles. The van der Waals surface area contributed by atoms with E-state index in [1.807, 2.05) is 6.07 Å². The van der Waals surface area contributed by atoms with Crippen LogP contribution in [0.2, 0.25) is 0 Å². The van der Waals surface area contributed by atoms with Crippen molar-refractivity contribution in [3.63, 3.8) is 0 Å². The lowest BCUT2D eigenvalue weighted by Gasteiger charge is -2.29. The number of aryl methyl sites for hydroxylation is 1. The normalized spacial score (nSPS) is 24.1. The van der Waals surface area contributed by atoms with E-state index in [4.69, 9.17) is 4.42 Å². The molecule has 2 atom stereocenters. The Balaban J connectivity index is 0.00000196. The summed E-state index contributed by atoms with van der Waals surface area (Å²) >= 11 is 0. The summed E-state index contributed by atoms with van der Waals surface area (Å²) in [6, 6.07) is 11.5. The van der Waals surface area contributed by atoms with E-state index in [0.29, 0.717) is 42.0 Å². The number of hydrogen-bond acceptors (Lipinski definition) is 3. The summed E-state index contributed by atoms with van der Waals surface area (Å²) in [6.45, 7) is 0. The topological polar surface area (TPSA) is 54.3 Å². The quantitative estimate of drug-likeness (QED) is 0.831. The Morgan fingerprint density at radius 1 is 1.15 bits per heavy atom. The first-order valence-corrected chi connectivity index (χ1v) is 9.06. The van der Waals surface area contributed by atoms with Crippen LogP contribution in [-0.2, 0) is 11.2 Å². The van der Waals surface area contributed by atoms with E-state index in [9.17, 15) is 9.18 Å². The van der Waals surface area contributed by atoms with E-state index in [1.165, 1.54) is 18.9 Å². The molecule has 2 N–H and O–H groups in total. The van der Waals surface area contributed by atoms with E-state index in [1.54, 1.807) is 24.3 Å². The van der Waals surface area contributed by atoms with E-state index in [2.05, 4.69) is 10.6 Å². The predicted octanol–water partition coefficient (Wildman–Crippen LogP) is 3.84. The van der Waals surface area contributed by atoms with E-state index in [-0.39, 0.29) is 30.2 Å². The lowest BCUT2D eigenvalue weighted by atomic mass is 9.99. The Labute approximate surface area is 159 Å². The summed E-state index contributed by atoms with van der Waals surface area (Å²) in [5.41, 5.74) is 0.448. The molecule has 4 nitrogen and oxygen atoms in total. The van der Waals surface area contributed by atoms with Gasteiger partial charge in [-0.3, -0.25) is 4.79 Å². The van der Waals surface area contributed by atoms with Gasteiger partial charge < -0.3 is 15.1 Å². The summed E-state index contributed by atoms with van der Waals surface area (Å²) in [5, 5.41) is 6.73. The SMILES string of the molecule is Cl.O=C(CCc1ccc(-c2ccccc2F)o1)NC1CC2CCC(C1)N2. The number of nitrogens with one attached hydrogen (secondary N) is 2. The third kappa shape index (κ3) is 4.27. The Kier molecular flexibility index (Phi) is 5.99. The third-order valence-corrected chi connectivity index (χ3v) is 5.24. The van der Waals surface area contributed by atoms with Crippen LogP contribution >= 0.6 is 12.4 Å². The van der Waals surface area contributed by atoms with Crippen molar-refractivity contribution < 1.29 is 13.6 Å². The molecule has 2 fully saturated rings. The minimum absolute atomic E-state index is 0. The average molecular weight is 379 g/mol. The van der Waals surface area contributed by atoms with Crippen LogP contribution in [0.3, 0.4) is 0 Å². The average Bonchev–Trinajstić information content (AvgIpc) is 3.20. The van der Waals surface area contributed by atoms with Crippen molar-refractivity contribution in [2.75, 3.05) is 0 Å². The van der Waals surface area contributed by atoms with Gasteiger partial charge in [-0.1, -0.05) is 12.1 Å². The Bertz CT molecular complexity index is 752. The van der Waals surface area contributed by atoms with Gasteiger partial charge in [0.05, 0.1) is 5.56 Å². The second-order valence-corrected chi connectivity index (χ2v) is 7.12. The number of benzene rings is 1. The van der Waals surface area contributed by atoms with Gasteiger partial charge in [0.25, 0.3) is 0 Å². The van der Waals surface area contributed by atoms with E-state index >= 15 is 0 Å². The Hall–Kier alpha value is -1.85. The molecule has 0 saturated carbocycles. The van der Waals surface area contributed by atoms with Crippen molar-refractivity contribution in [2.24, 2.45) is 0 Å². The van der Waals surface area contributed by atoms with Gasteiger partial charge in [-0.05, 0) is 49.9 Å². The van der Waals surface area contributed by atoms with Gasteiger partial charge >= 0.3 is 0 Å². The molecule has 2 aliphatic heterocycles.